The van der Waals surface area contributed by atoms with E-state index < -0.39 is 0 Å². The Kier molecular flexibility index (Phi) is 3.88. The van der Waals surface area contributed by atoms with Crippen molar-refractivity contribution >= 4 is 0 Å². The number of nitrogens with one attached hydrogen (secondary N) is 1. The molecule has 3 N–H and O–H groups in total. The number of hydrogen-bond donors (Lipinski definition) is 2. The topological polar surface area (TPSA) is 47.3 Å². The summed E-state index contributed by atoms with van der Waals surface area (Å²) in [6.07, 6.45) is 8.02. The molecule has 0 amide bonds. The molecule has 0 bridgehead atoms. The first-order valence-electron chi connectivity index (χ1n) is 6.71. The van der Waals surface area contributed by atoms with E-state index in [9.17, 15) is 0 Å². The van der Waals surface area contributed by atoms with Gasteiger partial charge < -0.3 is 4.74 Å². The van der Waals surface area contributed by atoms with Gasteiger partial charge in [-0.2, -0.15) is 0 Å². The lowest BCUT2D eigenvalue weighted by Crippen LogP contribution is -2.38. The van der Waals surface area contributed by atoms with Crippen molar-refractivity contribution in [3.8, 4) is 0 Å². The standard InChI is InChI=1S/C13H26N2O/c1-13(2)9-11(13)12(15-14)7-3-5-10-6-4-8-16-10/h10-12,15H,3-9,14H2,1-2H3. The van der Waals surface area contributed by atoms with E-state index in [2.05, 4.69) is 19.3 Å². The maximum Gasteiger partial charge on any atom is 0.0576 e. The zero-order chi connectivity index (χ0) is 11.6. The fraction of sp³-hybridized carbons (Fsp3) is 1.00. The third-order valence-corrected chi connectivity index (χ3v) is 4.35. The monoisotopic (exact) mass is 226 g/mol. The summed E-state index contributed by atoms with van der Waals surface area (Å²) in [5, 5.41) is 0. The van der Waals surface area contributed by atoms with Gasteiger partial charge in [-0.05, 0) is 49.9 Å². The van der Waals surface area contributed by atoms with Crippen LogP contribution in [0.5, 0.6) is 0 Å². The average molecular weight is 226 g/mol. The molecule has 3 unspecified atom stereocenters. The van der Waals surface area contributed by atoms with E-state index in [4.69, 9.17) is 10.6 Å². The Bertz CT molecular complexity index is 224. The molecule has 16 heavy (non-hydrogen) atoms. The number of rotatable bonds is 6. The van der Waals surface area contributed by atoms with Crippen LogP contribution in [0.4, 0.5) is 0 Å². The van der Waals surface area contributed by atoms with Gasteiger partial charge in [-0.1, -0.05) is 13.8 Å². The minimum Gasteiger partial charge on any atom is -0.378 e. The van der Waals surface area contributed by atoms with Crippen LogP contribution >= 0.6 is 0 Å². The van der Waals surface area contributed by atoms with Crippen LogP contribution in [0.1, 0.15) is 52.4 Å². The molecule has 94 valence electrons. The molecule has 2 aliphatic rings. The smallest absolute Gasteiger partial charge is 0.0576 e. The van der Waals surface area contributed by atoms with Gasteiger partial charge in [0.05, 0.1) is 6.10 Å². The Labute approximate surface area is 99.1 Å². The molecule has 2 fully saturated rings. The van der Waals surface area contributed by atoms with Gasteiger partial charge in [0.2, 0.25) is 0 Å². The van der Waals surface area contributed by atoms with E-state index in [1.807, 2.05) is 0 Å². The highest BCUT2D eigenvalue weighted by Gasteiger charge is 2.49. The summed E-state index contributed by atoms with van der Waals surface area (Å²) in [5.41, 5.74) is 3.52. The third-order valence-electron chi connectivity index (χ3n) is 4.35. The van der Waals surface area contributed by atoms with Gasteiger partial charge in [0.1, 0.15) is 0 Å². The maximum absolute atomic E-state index is 5.65. The largest absolute Gasteiger partial charge is 0.378 e. The lowest BCUT2D eigenvalue weighted by Gasteiger charge is -2.18. The molecule has 2 rings (SSSR count). The van der Waals surface area contributed by atoms with E-state index in [-0.39, 0.29) is 0 Å². The van der Waals surface area contributed by atoms with Gasteiger partial charge in [0.25, 0.3) is 0 Å². The zero-order valence-corrected chi connectivity index (χ0v) is 10.7. The number of hydrazine groups is 1. The minimum atomic E-state index is 0.511. The second-order valence-corrected chi connectivity index (χ2v) is 6.14. The maximum atomic E-state index is 5.65. The van der Waals surface area contributed by atoms with Crippen LogP contribution < -0.4 is 11.3 Å². The molecule has 1 saturated heterocycles. The van der Waals surface area contributed by atoms with Crippen LogP contribution in [-0.4, -0.2) is 18.8 Å². The van der Waals surface area contributed by atoms with Gasteiger partial charge >= 0.3 is 0 Å². The quantitative estimate of drug-likeness (QED) is 0.539. The molecule has 1 saturated carbocycles. The minimum absolute atomic E-state index is 0.511. The van der Waals surface area contributed by atoms with Crippen molar-refractivity contribution in [3.05, 3.63) is 0 Å². The first-order valence-corrected chi connectivity index (χ1v) is 6.71. The van der Waals surface area contributed by atoms with Gasteiger partial charge in [0, 0.05) is 12.6 Å². The first-order chi connectivity index (χ1) is 7.63. The summed E-state index contributed by atoms with van der Waals surface area (Å²) < 4.78 is 5.63. The number of hydrogen-bond acceptors (Lipinski definition) is 3. The Balaban J connectivity index is 1.63. The van der Waals surface area contributed by atoms with Crippen LogP contribution in [-0.2, 0) is 4.74 Å². The fourth-order valence-electron chi connectivity index (χ4n) is 3.03. The molecule has 0 aromatic rings. The van der Waals surface area contributed by atoms with Crippen LogP contribution in [0, 0.1) is 11.3 Å². The molecule has 1 aliphatic carbocycles. The van der Waals surface area contributed by atoms with Crippen LogP contribution in [0.2, 0.25) is 0 Å². The second kappa shape index (κ2) is 5.03. The average Bonchev–Trinajstić information content (AvgIpc) is 2.69. The highest BCUT2D eigenvalue weighted by atomic mass is 16.5. The van der Waals surface area contributed by atoms with Crippen LogP contribution in [0.25, 0.3) is 0 Å². The van der Waals surface area contributed by atoms with Crippen molar-refractivity contribution in [2.75, 3.05) is 6.61 Å². The van der Waals surface area contributed by atoms with Crippen LogP contribution in [0.15, 0.2) is 0 Å². The second-order valence-electron chi connectivity index (χ2n) is 6.14. The molecular formula is C13H26N2O. The Morgan fingerprint density at radius 1 is 1.50 bits per heavy atom. The van der Waals surface area contributed by atoms with E-state index in [0.717, 1.165) is 12.5 Å². The van der Waals surface area contributed by atoms with E-state index >= 15 is 0 Å². The van der Waals surface area contributed by atoms with Gasteiger partial charge in [-0.3, -0.25) is 11.3 Å². The van der Waals surface area contributed by atoms with Crippen LogP contribution in [0.3, 0.4) is 0 Å². The lowest BCUT2D eigenvalue weighted by molar-refractivity contribution is 0.101. The van der Waals surface area contributed by atoms with Crippen molar-refractivity contribution in [1.82, 2.24) is 5.43 Å². The lowest BCUT2D eigenvalue weighted by atomic mass is 9.98. The van der Waals surface area contributed by atoms with Crippen molar-refractivity contribution < 1.29 is 4.74 Å². The van der Waals surface area contributed by atoms with Gasteiger partial charge in [0.15, 0.2) is 0 Å². The summed E-state index contributed by atoms with van der Waals surface area (Å²) in [6, 6.07) is 0.511. The zero-order valence-electron chi connectivity index (χ0n) is 10.7. The molecule has 0 aromatic heterocycles. The van der Waals surface area contributed by atoms with E-state index in [1.165, 1.54) is 38.5 Å². The van der Waals surface area contributed by atoms with Crippen molar-refractivity contribution in [3.63, 3.8) is 0 Å². The molecule has 3 atom stereocenters. The molecule has 0 spiro atoms. The molecule has 0 radical (unpaired) electrons. The first kappa shape index (κ1) is 12.3. The summed E-state index contributed by atoms with van der Waals surface area (Å²) in [6.45, 7) is 5.64. The molecule has 1 aliphatic heterocycles. The van der Waals surface area contributed by atoms with Crippen molar-refractivity contribution in [1.29, 1.82) is 0 Å². The summed E-state index contributed by atoms with van der Waals surface area (Å²) in [7, 11) is 0. The van der Waals surface area contributed by atoms with E-state index in [1.54, 1.807) is 0 Å². The highest BCUT2D eigenvalue weighted by molar-refractivity contribution is 5.01. The third kappa shape index (κ3) is 2.96. The SMILES string of the molecule is CC1(C)CC1C(CCCC1CCCO1)NN. The normalized spacial score (nSPS) is 33.9. The van der Waals surface area contributed by atoms with Gasteiger partial charge in [-0.15, -0.1) is 0 Å². The Morgan fingerprint density at radius 3 is 2.75 bits per heavy atom. The highest BCUT2D eigenvalue weighted by Crippen LogP contribution is 2.54. The predicted octanol–water partition coefficient (Wildman–Crippen LogP) is 2.21. The number of nitrogens with two attached hydrogens (primary N) is 1. The fourth-order valence-corrected chi connectivity index (χ4v) is 3.03. The predicted molar refractivity (Wildman–Crippen MR) is 65.8 cm³/mol. The molecule has 3 heteroatoms. The summed E-state index contributed by atoms with van der Waals surface area (Å²) >= 11 is 0. The summed E-state index contributed by atoms with van der Waals surface area (Å²) in [4.78, 5) is 0. The van der Waals surface area contributed by atoms with Gasteiger partial charge in [-0.25, -0.2) is 0 Å². The van der Waals surface area contributed by atoms with Crippen molar-refractivity contribution in [2.45, 2.75) is 64.5 Å². The Hall–Kier alpha value is -0.120. The molecule has 1 heterocycles. The molecular weight excluding hydrogens is 200 g/mol. The van der Waals surface area contributed by atoms with E-state index in [0.29, 0.717) is 17.6 Å². The summed E-state index contributed by atoms with van der Waals surface area (Å²) in [5.74, 6) is 6.43. The van der Waals surface area contributed by atoms with Crippen molar-refractivity contribution in [2.24, 2.45) is 17.2 Å². The molecule has 0 aromatic carbocycles. The molecule has 3 nitrogen and oxygen atoms in total. The number of ether oxygens (including phenoxy) is 1. The Morgan fingerprint density at radius 2 is 2.25 bits per heavy atom.